The van der Waals surface area contributed by atoms with Crippen molar-refractivity contribution < 1.29 is 14.6 Å². The molecule has 1 aromatic carbocycles. The zero-order valence-corrected chi connectivity index (χ0v) is 12.0. The fourth-order valence-corrected chi connectivity index (χ4v) is 1.98. The number of halogens is 1. The van der Waals surface area contributed by atoms with Gasteiger partial charge in [-0.2, -0.15) is 0 Å². The van der Waals surface area contributed by atoms with E-state index in [1.165, 1.54) is 7.11 Å². The molecule has 94 valence electrons. The van der Waals surface area contributed by atoms with E-state index < -0.39 is 6.10 Å². The summed E-state index contributed by atoms with van der Waals surface area (Å²) in [5, 5.41) is 12.1. The van der Waals surface area contributed by atoms with Gasteiger partial charge in [0.25, 0.3) is 5.91 Å². The lowest BCUT2D eigenvalue weighted by Crippen LogP contribution is -2.34. The van der Waals surface area contributed by atoms with Gasteiger partial charge in [-0.25, -0.2) is 0 Å². The third-order valence-corrected chi connectivity index (χ3v) is 3.73. The van der Waals surface area contributed by atoms with E-state index in [9.17, 15) is 9.90 Å². The van der Waals surface area contributed by atoms with Gasteiger partial charge < -0.3 is 15.2 Å². The largest absolute Gasteiger partial charge is 0.389 e. The zero-order valence-electron chi connectivity index (χ0n) is 9.87. The molecule has 0 heterocycles. The molecule has 0 bridgehead atoms. The number of methoxy groups -OCH3 is 1. The molecule has 0 saturated carbocycles. The minimum absolute atomic E-state index is 0.173. The highest BCUT2D eigenvalue weighted by atomic mass is 127. The third-order valence-electron chi connectivity index (χ3n) is 2.29. The van der Waals surface area contributed by atoms with E-state index in [-0.39, 0.29) is 19.1 Å². The van der Waals surface area contributed by atoms with E-state index >= 15 is 0 Å². The first-order valence-electron chi connectivity index (χ1n) is 5.26. The van der Waals surface area contributed by atoms with Crippen molar-refractivity contribution in [3.8, 4) is 0 Å². The van der Waals surface area contributed by atoms with Crippen molar-refractivity contribution in [1.82, 2.24) is 5.32 Å². The molecular formula is C12H16INO3. The molecule has 4 nitrogen and oxygen atoms in total. The Balaban J connectivity index is 2.61. The van der Waals surface area contributed by atoms with Crippen molar-refractivity contribution in [2.45, 2.75) is 13.0 Å². The summed E-state index contributed by atoms with van der Waals surface area (Å²) < 4.78 is 5.72. The summed E-state index contributed by atoms with van der Waals surface area (Å²) in [6.45, 7) is 2.36. The van der Waals surface area contributed by atoms with Gasteiger partial charge in [-0.05, 0) is 41.1 Å². The Kier molecular flexibility index (Phi) is 5.87. The molecule has 0 radical (unpaired) electrons. The Hall–Kier alpha value is -0.660. The van der Waals surface area contributed by atoms with Crippen LogP contribution in [0, 0.1) is 10.5 Å². The highest BCUT2D eigenvalue weighted by Gasteiger charge is 2.12. The Morgan fingerprint density at radius 2 is 2.29 bits per heavy atom. The molecule has 0 aromatic heterocycles. The first-order valence-corrected chi connectivity index (χ1v) is 6.34. The predicted molar refractivity (Wildman–Crippen MR) is 74.1 cm³/mol. The summed E-state index contributed by atoms with van der Waals surface area (Å²) in [6, 6.07) is 5.57. The van der Waals surface area contributed by atoms with Gasteiger partial charge in [0.05, 0.1) is 18.3 Å². The third kappa shape index (κ3) is 4.25. The first kappa shape index (κ1) is 14.4. The van der Waals surface area contributed by atoms with Gasteiger partial charge in [0.15, 0.2) is 0 Å². The zero-order chi connectivity index (χ0) is 12.8. The van der Waals surface area contributed by atoms with Gasteiger partial charge in [-0.3, -0.25) is 4.79 Å². The number of carbonyl (C=O) groups is 1. The quantitative estimate of drug-likeness (QED) is 0.789. The van der Waals surface area contributed by atoms with Crippen LogP contribution >= 0.6 is 22.6 Å². The maximum atomic E-state index is 11.9. The van der Waals surface area contributed by atoms with Crippen LogP contribution in [0.2, 0.25) is 0 Å². The van der Waals surface area contributed by atoms with Crippen molar-refractivity contribution in [3.05, 3.63) is 32.9 Å². The number of ether oxygens (including phenoxy) is 1. The number of nitrogens with one attached hydrogen (secondary N) is 1. The summed E-state index contributed by atoms with van der Waals surface area (Å²) in [4.78, 5) is 11.9. The average Bonchev–Trinajstić information content (AvgIpc) is 2.30. The lowest BCUT2D eigenvalue weighted by atomic mass is 10.1. The van der Waals surface area contributed by atoms with Gasteiger partial charge in [-0.15, -0.1) is 0 Å². The van der Waals surface area contributed by atoms with Crippen molar-refractivity contribution >= 4 is 28.5 Å². The molecule has 0 aliphatic heterocycles. The van der Waals surface area contributed by atoms with E-state index in [0.29, 0.717) is 5.56 Å². The van der Waals surface area contributed by atoms with Crippen LogP contribution in [0.3, 0.4) is 0 Å². The van der Waals surface area contributed by atoms with E-state index in [2.05, 4.69) is 27.9 Å². The summed E-state index contributed by atoms with van der Waals surface area (Å²) in [7, 11) is 1.51. The standard InChI is InChI=1S/C12H16INO3/c1-8-4-3-5-10(11(8)13)12(16)14-6-9(15)7-17-2/h3-5,9,15H,6-7H2,1-2H3,(H,14,16). The number of amides is 1. The SMILES string of the molecule is COCC(O)CNC(=O)c1cccc(C)c1I. The molecular weight excluding hydrogens is 333 g/mol. The fourth-order valence-electron chi connectivity index (χ4n) is 1.38. The van der Waals surface area contributed by atoms with Crippen LogP contribution in [0.5, 0.6) is 0 Å². The molecule has 1 rings (SSSR count). The minimum Gasteiger partial charge on any atom is -0.389 e. The number of aliphatic hydroxyl groups excluding tert-OH is 1. The molecule has 0 aliphatic rings. The Morgan fingerprint density at radius 1 is 1.59 bits per heavy atom. The number of aliphatic hydroxyl groups is 1. The maximum Gasteiger partial charge on any atom is 0.252 e. The molecule has 0 aliphatic carbocycles. The van der Waals surface area contributed by atoms with Crippen molar-refractivity contribution in [2.75, 3.05) is 20.3 Å². The molecule has 0 spiro atoms. The molecule has 1 atom stereocenters. The molecule has 1 amide bonds. The monoisotopic (exact) mass is 349 g/mol. The predicted octanol–water partition coefficient (Wildman–Crippen LogP) is 1.34. The lowest BCUT2D eigenvalue weighted by Gasteiger charge is -2.12. The van der Waals surface area contributed by atoms with E-state index in [0.717, 1.165) is 9.13 Å². The Labute approximate surface area is 115 Å². The number of carbonyl (C=O) groups excluding carboxylic acids is 1. The Bertz CT molecular complexity index is 395. The molecule has 5 heteroatoms. The van der Waals surface area contributed by atoms with E-state index in [4.69, 9.17) is 4.74 Å². The molecule has 1 unspecified atom stereocenters. The lowest BCUT2D eigenvalue weighted by molar-refractivity contribution is 0.0609. The molecule has 2 N–H and O–H groups in total. The second-order valence-electron chi connectivity index (χ2n) is 3.76. The fraction of sp³-hybridized carbons (Fsp3) is 0.417. The Morgan fingerprint density at radius 3 is 2.94 bits per heavy atom. The van der Waals surface area contributed by atoms with Crippen LogP contribution < -0.4 is 5.32 Å². The summed E-state index contributed by atoms with van der Waals surface area (Å²) >= 11 is 2.15. The van der Waals surface area contributed by atoms with Crippen LogP contribution in [0.25, 0.3) is 0 Å². The summed E-state index contributed by atoms with van der Waals surface area (Å²) in [6.07, 6.45) is -0.675. The van der Waals surface area contributed by atoms with Crippen molar-refractivity contribution in [2.24, 2.45) is 0 Å². The van der Waals surface area contributed by atoms with E-state index in [1.807, 2.05) is 19.1 Å². The number of aryl methyl sites for hydroxylation is 1. The van der Waals surface area contributed by atoms with Gasteiger partial charge in [0.2, 0.25) is 0 Å². The van der Waals surface area contributed by atoms with Crippen molar-refractivity contribution in [3.63, 3.8) is 0 Å². The van der Waals surface area contributed by atoms with Gasteiger partial charge in [0, 0.05) is 17.2 Å². The molecule has 1 aromatic rings. The summed E-state index contributed by atoms with van der Waals surface area (Å²) in [5.41, 5.74) is 1.70. The second-order valence-corrected chi connectivity index (χ2v) is 4.83. The number of hydrogen-bond donors (Lipinski definition) is 2. The smallest absolute Gasteiger partial charge is 0.252 e. The van der Waals surface area contributed by atoms with Crippen LogP contribution in [-0.4, -0.2) is 37.4 Å². The number of rotatable bonds is 5. The molecule has 17 heavy (non-hydrogen) atoms. The average molecular weight is 349 g/mol. The highest BCUT2D eigenvalue weighted by molar-refractivity contribution is 14.1. The topological polar surface area (TPSA) is 58.6 Å². The molecule has 0 saturated heterocycles. The minimum atomic E-state index is -0.675. The highest BCUT2D eigenvalue weighted by Crippen LogP contribution is 2.16. The number of benzene rings is 1. The van der Waals surface area contributed by atoms with Crippen molar-refractivity contribution in [1.29, 1.82) is 0 Å². The number of hydrogen-bond acceptors (Lipinski definition) is 3. The first-order chi connectivity index (χ1) is 8.06. The van der Waals surface area contributed by atoms with Crippen LogP contribution in [0.1, 0.15) is 15.9 Å². The van der Waals surface area contributed by atoms with Crippen LogP contribution in [-0.2, 0) is 4.74 Å². The second kappa shape index (κ2) is 6.93. The normalized spacial score (nSPS) is 12.2. The van der Waals surface area contributed by atoms with Gasteiger partial charge >= 0.3 is 0 Å². The maximum absolute atomic E-state index is 11.9. The van der Waals surface area contributed by atoms with E-state index in [1.54, 1.807) is 6.07 Å². The van der Waals surface area contributed by atoms with Crippen LogP contribution in [0.15, 0.2) is 18.2 Å². The van der Waals surface area contributed by atoms with Gasteiger partial charge in [-0.1, -0.05) is 12.1 Å². The van der Waals surface area contributed by atoms with Crippen LogP contribution in [0.4, 0.5) is 0 Å². The summed E-state index contributed by atoms with van der Waals surface area (Å²) in [5.74, 6) is -0.173. The molecule has 0 fully saturated rings. The van der Waals surface area contributed by atoms with Gasteiger partial charge in [0.1, 0.15) is 0 Å².